The van der Waals surface area contributed by atoms with E-state index in [1.54, 1.807) is 6.20 Å². The molecule has 0 aliphatic rings. The van der Waals surface area contributed by atoms with Gasteiger partial charge in [0, 0.05) is 6.20 Å². The van der Waals surface area contributed by atoms with Gasteiger partial charge in [-0.1, -0.05) is 37.3 Å². The van der Waals surface area contributed by atoms with Gasteiger partial charge in [-0.05, 0) is 36.5 Å². The van der Waals surface area contributed by atoms with E-state index in [0.717, 1.165) is 31.6 Å². The third kappa shape index (κ3) is 3.88. The number of hydrogen-bond donors (Lipinski definition) is 0. The highest BCUT2D eigenvalue weighted by Crippen LogP contribution is 2.12. The second kappa shape index (κ2) is 6.80. The quantitative estimate of drug-likeness (QED) is 0.720. The number of aryl methyl sites for hydroxylation is 2. The van der Waals surface area contributed by atoms with Crippen LogP contribution in [0.1, 0.15) is 24.5 Å². The minimum atomic E-state index is 0.740. The van der Waals surface area contributed by atoms with Gasteiger partial charge in [-0.2, -0.15) is 0 Å². The van der Waals surface area contributed by atoms with Crippen molar-refractivity contribution in [2.45, 2.75) is 26.2 Å². The maximum atomic E-state index is 5.71. The lowest BCUT2D eigenvalue weighted by Gasteiger charge is -2.06. The number of nitrogens with zero attached hydrogens (tertiary/aromatic N) is 1. The Balaban J connectivity index is 1.75. The second-order valence-corrected chi connectivity index (χ2v) is 4.32. The largest absolute Gasteiger partial charge is 0.492 e. The molecule has 0 radical (unpaired) electrons. The van der Waals surface area contributed by atoms with Crippen molar-refractivity contribution in [2.75, 3.05) is 6.61 Å². The highest BCUT2D eigenvalue weighted by Gasteiger charge is 1.97. The van der Waals surface area contributed by atoms with Crippen molar-refractivity contribution >= 4 is 0 Å². The van der Waals surface area contributed by atoms with E-state index >= 15 is 0 Å². The summed E-state index contributed by atoms with van der Waals surface area (Å²) in [5.41, 5.74) is 2.58. The zero-order valence-corrected chi connectivity index (χ0v) is 10.8. The lowest BCUT2D eigenvalue weighted by Crippen LogP contribution is -2.00. The smallest absolute Gasteiger partial charge is 0.137 e. The molecule has 2 aromatic rings. The first-order valence-electron chi connectivity index (χ1n) is 6.49. The molecular formula is C16H19NO. The highest BCUT2D eigenvalue weighted by molar-refractivity contribution is 5.23. The first-order valence-corrected chi connectivity index (χ1v) is 6.49. The first kappa shape index (κ1) is 12.6. The van der Waals surface area contributed by atoms with Crippen molar-refractivity contribution in [3.05, 3.63) is 59.9 Å². The molecule has 1 aromatic carbocycles. The van der Waals surface area contributed by atoms with Gasteiger partial charge in [0.25, 0.3) is 0 Å². The predicted octanol–water partition coefficient (Wildman–Crippen LogP) is 3.66. The molecule has 0 spiro atoms. The molecule has 2 rings (SSSR count). The van der Waals surface area contributed by atoms with Crippen molar-refractivity contribution in [1.29, 1.82) is 0 Å². The van der Waals surface area contributed by atoms with E-state index in [4.69, 9.17) is 4.74 Å². The monoisotopic (exact) mass is 241 g/mol. The Hall–Kier alpha value is -1.83. The van der Waals surface area contributed by atoms with E-state index in [2.05, 4.69) is 42.2 Å². The van der Waals surface area contributed by atoms with Crippen molar-refractivity contribution in [3.8, 4) is 5.75 Å². The molecule has 2 heteroatoms. The zero-order chi connectivity index (χ0) is 12.6. The van der Waals surface area contributed by atoms with Crippen LogP contribution in [0.25, 0.3) is 0 Å². The van der Waals surface area contributed by atoms with Crippen molar-refractivity contribution in [1.82, 2.24) is 4.98 Å². The van der Waals surface area contributed by atoms with E-state index < -0.39 is 0 Å². The van der Waals surface area contributed by atoms with Gasteiger partial charge in [0.2, 0.25) is 0 Å². The van der Waals surface area contributed by atoms with Crippen molar-refractivity contribution in [2.24, 2.45) is 0 Å². The molecule has 0 saturated carbocycles. The molecule has 94 valence electrons. The van der Waals surface area contributed by atoms with Crippen LogP contribution in [0.4, 0.5) is 0 Å². The fraction of sp³-hybridized carbons (Fsp3) is 0.312. The van der Waals surface area contributed by atoms with Crippen LogP contribution in [0.3, 0.4) is 0 Å². The number of ether oxygens (including phenoxy) is 1. The van der Waals surface area contributed by atoms with E-state index in [1.807, 2.05) is 12.3 Å². The molecule has 0 amide bonds. The van der Waals surface area contributed by atoms with Gasteiger partial charge < -0.3 is 4.74 Å². The van der Waals surface area contributed by atoms with Gasteiger partial charge >= 0.3 is 0 Å². The van der Waals surface area contributed by atoms with Gasteiger partial charge in [0.05, 0.1) is 12.8 Å². The standard InChI is InChI=1S/C16H19NO/c1-2-14-11-16(13-17-12-14)18-10-6-9-15-7-4-3-5-8-15/h3-5,7-8,11-13H,2,6,9-10H2,1H3. The molecule has 1 heterocycles. The summed E-state index contributed by atoms with van der Waals surface area (Å²) in [6, 6.07) is 12.6. The van der Waals surface area contributed by atoms with Crippen LogP contribution in [0, 0.1) is 0 Å². The summed E-state index contributed by atoms with van der Waals surface area (Å²) >= 11 is 0. The Morgan fingerprint density at radius 3 is 2.67 bits per heavy atom. The van der Waals surface area contributed by atoms with Gasteiger partial charge in [-0.15, -0.1) is 0 Å². The van der Waals surface area contributed by atoms with Gasteiger partial charge in [-0.25, -0.2) is 0 Å². The van der Waals surface area contributed by atoms with E-state index in [1.165, 1.54) is 11.1 Å². The number of hydrogen-bond acceptors (Lipinski definition) is 2. The molecule has 0 atom stereocenters. The summed E-state index contributed by atoms with van der Waals surface area (Å²) in [7, 11) is 0. The van der Waals surface area contributed by atoms with Crippen LogP contribution in [-0.4, -0.2) is 11.6 Å². The second-order valence-electron chi connectivity index (χ2n) is 4.32. The Morgan fingerprint density at radius 1 is 1.06 bits per heavy atom. The number of rotatable bonds is 6. The summed E-state index contributed by atoms with van der Waals surface area (Å²) in [5.74, 6) is 0.877. The minimum absolute atomic E-state index is 0.740. The molecule has 0 unspecified atom stereocenters. The van der Waals surface area contributed by atoms with Gasteiger partial charge in [0.15, 0.2) is 0 Å². The molecule has 2 nitrogen and oxygen atoms in total. The summed E-state index contributed by atoms with van der Waals surface area (Å²) in [6.45, 7) is 2.86. The normalized spacial score (nSPS) is 10.3. The molecular weight excluding hydrogens is 222 g/mol. The average molecular weight is 241 g/mol. The Labute approximate surface area is 109 Å². The molecule has 0 N–H and O–H groups in total. The summed E-state index contributed by atoms with van der Waals surface area (Å²) in [4.78, 5) is 4.17. The summed E-state index contributed by atoms with van der Waals surface area (Å²) in [5, 5.41) is 0. The zero-order valence-electron chi connectivity index (χ0n) is 10.8. The molecule has 1 aromatic heterocycles. The molecule has 0 fully saturated rings. The predicted molar refractivity (Wildman–Crippen MR) is 73.9 cm³/mol. The Morgan fingerprint density at radius 2 is 1.89 bits per heavy atom. The molecule has 0 aliphatic carbocycles. The first-order chi connectivity index (χ1) is 8.88. The maximum absolute atomic E-state index is 5.71. The molecule has 18 heavy (non-hydrogen) atoms. The topological polar surface area (TPSA) is 22.1 Å². The number of benzene rings is 1. The number of pyridine rings is 1. The lowest BCUT2D eigenvalue weighted by molar-refractivity contribution is 0.309. The fourth-order valence-corrected chi connectivity index (χ4v) is 1.85. The average Bonchev–Trinajstić information content (AvgIpc) is 2.45. The number of aromatic nitrogens is 1. The molecule has 0 saturated heterocycles. The molecule has 0 aliphatic heterocycles. The van der Waals surface area contributed by atoms with Crippen LogP contribution in [0.15, 0.2) is 48.8 Å². The Kier molecular flexibility index (Phi) is 4.77. The summed E-state index contributed by atoms with van der Waals surface area (Å²) < 4.78 is 5.71. The lowest BCUT2D eigenvalue weighted by atomic mass is 10.1. The van der Waals surface area contributed by atoms with E-state index in [-0.39, 0.29) is 0 Å². The Bertz CT molecular complexity index is 468. The van der Waals surface area contributed by atoms with Crippen LogP contribution in [0.5, 0.6) is 5.75 Å². The van der Waals surface area contributed by atoms with Crippen molar-refractivity contribution < 1.29 is 4.74 Å². The van der Waals surface area contributed by atoms with Crippen LogP contribution < -0.4 is 4.74 Å². The highest BCUT2D eigenvalue weighted by atomic mass is 16.5. The van der Waals surface area contributed by atoms with Crippen LogP contribution in [-0.2, 0) is 12.8 Å². The van der Waals surface area contributed by atoms with Crippen LogP contribution in [0.2, 0.25) is 0 Å². The maximum Gasteiger partial charge on any atom is 0.137 e. The van der Waals surface area contributed by atoms with Gasteiger partial charge in [-0.3, -0.25) is 4.98 Å². The van der Waals surface area contributed by atoms with E-state index in [0.29, 0.717) is 0 Å². The molecule has 0 bridgehead atoms. The third-order valence-corrected chi connectivity index (χ3v) is 2.90. The fourth-order valence-electron chi connectivity index (χ4n) is 1.85. The van der Waals surface area contributed by atoms with E-state index in [9.17, 15) is 0 Å². The minimum Gasteiger partial charge on any atom is -0.492 e. The van der Waals surface area contributed by atoms with Crippen molar-refractivity contribution in [3.63, 3.8) is 0 Å². The van der Waals surface area contributed by atoms with Crippen LogP contribution >= 0.6 is 0 Å². The SMILES string of the molecule is CCc1cncc(OCCCc2ccccc2)c1. The third-order valence-electron chi connectivity index (χ3n) is 2.90. The van der Waals surface area contributed by atoms with Gasteiger partial charge in [0.1, 0.15) is 5.75 Å². The summed E-state index contributed by atoms with van der Waals surface area (Å²) in [6.07, 6.45) is 6.74.